The van der Waals surface area contributed by atoms with Gasteiger partial charge in [-0.25, -0.2) is 4.98 Å². The summed E-state index contributed by atoms with van der Waals surface area (Å²) in [7, 11) is 0. The van der Waals surface area contributed by atoms with Gasteiger partial charge < -0.3 is 9.21 Å². The summed E-state index contributed by atoms with van der Waals surface area (Å²) < 4.78 is 5.19. The Hall–Kier alpha value is -1.97. The van der Waals surface area contributed by atoms with Gasteiger partial charge in [0.1, 0.15) is 12.5 Å². The number of aldehydes is 1. The molecule has 0 aliphatic heterocycles. The maximum Gasteiger partial charge on any atom is 0.227 e. The zero-order valence-corrected chi connectivity index (χ0v) is 7.38. The van der Waals surface area contributed by atoms with Crippen molar-refractivity contribution < 1.29 is 9.21 Å². The van der Waals surface area contributed by atoms with Gasteiger partial charge in [-0.2, -0.15) is 0 Å². The minimum Gasteiger partial charge on any atom is -0.444 e. The molecule has 0 unspecified atom stereocenters. The van der Waals surface area contributed by atoms with Crippen molar-refractivity contribution in [3.63, 3.8) is 0 Å². The van der Waals surface area contributed by atoms with Crippen LogP contribution < -0.4 is 0 Å². The number of oxazole rings is 1. The molecule has 0 bridgehead atoms. The second kappa shape index (κ2) is 3.83. The van der Waals surface area contributed by atoms with Crippen LogP contribution in [0.1, 0.15) is 5.69 Å². The molecule has 0 amide bonds. The fourth-order valence-electron chi connectivity index (χ4n) is 1.11. The first-order valence-corrected chi connectivity index (χ1v) is 4.18. The van der Waals surface area contributed by atoms with Gasteiger partial charge in [0.2, 0.25) is 5.89 Å². The highest BCUT2D eigenvalue weighted by molar-refractivity contribution is 5.55. The maximum atomic E-state index is 10.2. The fourth-order valence-corrected chi connectivity index (χ4v) is 1.11. The molecule has 0 radical (unpaired) electrons. The van der Waals surface area contributed by atoms with Gasteiger partial charge in [-0.1, -0.05) is 0 Å². The molecule has 2 aromatic heterocycles. The van der Waals surface area contributed by atoms with Crippen LogP contribution in [-0.2, 0) is 11.2 Å². The van der Waals surface area contributed by atoms with Crippen molar-refractivity contribution in [3.8, 4) is 11.5 Å². The van der Waals surface area contributed by atoms with Crippen LogP contribution in [0.25, 0.3) is 11.5 Å². The number of carbonyl (C=O) groups excluding carboxylic acids is 1. The number of pyridine rings is 1. The minimum atomic E-state index is 0.282. The lowest BCUT2D eigenvalue weighted by molar-refractivity contribution is -0.107. The monoisotopic (exact) mass is 188 g/mol. The van der Waals surface area contributed by atoms with E-state index >= 15 is 0 Å². The van der Waals surface area contributed by atoms with E-state index < -0.39 is 0 Å². The molecule has 2 heterocycles. The van der Waals surface area contributed by atoms with E-state index in [2.05, 4.69) is 9.97 Å². The van der Waals surface area contributed by atoms with Crippen molar-refractivity contribution in [1.82, 2.24) is 9.97 Å². The summed E-state index contributed by atoms with van der Waals surface area (Å²) in [6, 6.07) is 3.66. The van der Waals surface area contributed by atoms with Crippen LogP contribution in [0.4, 0.5) is 0 Å². The summed E-state index contributed by atoms with van der Waals surface area (Å²) in [6.07, 6.45) is 5.90. The molecular formula is C10H8N2O2. The van der Waals surface area contributed by atoms with Crippen molar-refractivity contribution in [1.29, 1.82) is 0 Å². The second-order valence-electron chi connectivity index (χ2n) is 2.76. The Kier molecular flexibility index (Phi) is 2.36. The normalized spacial score (nSPS) is 10.0. The van der Waals surface area contributed by atoms with Gasteiger partial charge in [0.25, 0.3) is 0 Å². The molecule has 70 valence electrons. The first-order chi connectivity index (χ1) is 6.90. The Morgan fingerprint density at radius 1 is 1.50 bits per heavy atom. The van der Waals surface area contributed by atoms with Crippen LogP contribution in [0.3, 0.4) is 0 Å². The predicted octanol–water partition coefficient (Wildman–Crippen LogP) is 1.48. The van der Waals surface area contributed by atoms with Gasteiger partial charge in [-0.05, 0) is 12.1 Å². The summed E-state index contributed by atoms with van der Waals surface area (Å²) in [5.74, 6) is 0.495. The molecule has 0 fully saturated rings. The van der Waals surface area contributed by atoms with E-state index in [1.807, 2.05) is 6.07 Å². The van der Waals surface area contributed by atoms with Crippen LogP contribution >= 0.6 is 0 Å². The molecule has 0 saturated heterocycles. The Balaban J connectivity index is 2.29. The topological polar surface area (TPSA) is 56.0 Å². The Morgan fingerprint density at radius 2 is 2.43 bits per heavy atom. The number of aromatic nitrogens is 2. The van der Waals surface area contributed by atoms with Gasteiger partial charge in [0.15, 0.2) is 0 Å². The van der Waals surface area contributed by atoms with Gasteiger partial charge in [-0.3, -0.25) is 4.98 Å². The van der Waals surface area contributed by atoms with Crippen LogP contribution in [0, 0.1) is 0 Å². The third kappa shape index (κ3) is 1.69. The van der Waals surface area contributed by atoms with E-state index in [1.54, 1.807) is 18.5 Å². The average molecular weight is 188 g/mol. The van der Waals surface area contributed by atoms with Crippen molar-refractivity contribution >= 4 is 6.29 Å². The lowest BCUT2D eigenvalue weighted by Crippen LogP contribution is -1.85. The molecule has 2 aromatic rings. The lowest BCUT2D eigenvalue weighted by Gasteiger charge is -1.90. The van der Waals surface area contributed by atoms with Crippen molar-refractivity contribution in [2.75, 3.05) is 0 Å². The molecule has 0 atom stereocenters. The molecule has 14 heavy (non-hydrogen) atoms. The number of rotatable bonds is 3. The molecule has 0 saturated carbocycles. The highest BCUT2D eigenvalue weighted by atomic mass is 16.3. The molecular weight excluding hydrogens is 180 g/mol. The third-order valence-electron chi connectivity index (χ3n) is 1.75. The first-order valence-electron chi connectivity index (χ1n) is 4.18. The van der Waals surface area contributed by atoms with E-state index in [1.165, 1.54) is 6.26 Å². The van der Waals surface area contributed by atoms with E-state index in [0.717, 1.165) is 11.8 Å². The molecule has 0 N–H and O–H groups in total. The zero-order valence-electron chi connectivity index (χ0n) is 7.38. The van der Waals surface area contributed by atoms with Gasteiger partial charge in [-0.15, -0.1) is 0 Å². The smallest absolute Gasteiger partial charge is 0.227 e. The Labute approximate surface area is 80.6 Å². The largest absolute Gasteiger partial charge is 0.444 e. The van der Waals surface area contributed by atoms with E-state index in [4.69, 9.17) is 4.42 Å². The van der Waals surface area contributed by atoms with E-state index in [9.17, 15) is 4.79 Å². The summed E-state index contributed by atoms with van der Waals surface area (Å²) >= 11 is 0. The summed E-state index contributed by atoms with van der Waals surface area (Å²) in [5.41, 5.74) is 1.45. The Bertz CT molecular complexity index is 423. The predicted molar refractivity (Wildman–Crippen MR) is 49.5 cm³/mol. The lowest BCUT2D eigenvalue weighted by atomic mass is 10.3. The summed E-state index contributed by atoms with van der Waals surface area (Å²) in [6.45, 7) is 0. The van der Waals surface area contributed by atoms with Crippen LogP contribution in [0.2, 0.25) is 0 Å². The van der Waals surface area contributed by atoms with E-state index in [0.29, 0.717) is 11.6 Å². The van der Waals surface area contributed by atoms with Crippen molar-refractivity contribution in [3.05, 3.63) is 36.5 Å². The second-order valence-corrected chi connectivity index (χ2v) is 2.76. The molecule has 0 spiro atoms. The third-order valence-corrected chi connectivity index (χ3v) is 1.75. The Morgan fingerprint density at radius 3 is 3.14 bits per heavy atom. The molecule has 0 aliphatic rings. The van der Waals surface area contributed by atoms with Crippen LogP contribution in [0.15, 0.2) is 35.2 Å². The standard InChI is InChI=1S/C10H8N2O2/c13-5-3-9-7-14-10(12-9)8-2-1-4-11-6-8/h1-2,4-7H,3H2. The SMILES string of the molecule is O=CCc1coc(-c2cccnc2)n1. The summed E-state index contributed by atoms with van der Waals surface area (Å²) in [4.78, 5) is 18.3. The minimum absolute atomic E-state index is 0.282. The van der Waals surface area contributed by atoms with Crippen molar-refractivity contribution in [2.24, 2.45) is 0 Å². The number of hydrogen-bond acceptors (Lipinski definition) is 4. The molecule has 4 nitrogen and oxygen atoms in total. The van der Waals surface area contributed by atoms with Gasteiger partial charge in [0, 0.05) is 18.8 Å². The number of nitrogens with zero attached hydrogens (tertiary/aromatic N) is 2. The van der Waals surface area contributed by atoms with E-state index in [-0.39, 0.29) is 6.42 Å². The van der Waals surface area contributed by atoms with Gasteiger partial charge >= 0.3 is 0 Å². The number of hydrogen-bond donors (Lipinski definition) is 0. The highest BCUT2D eigenvalue weighted by Gasteiger charge is 2.05. The number of carbonyl (C=O) groups is 1. The first kappa shape index (κ1) is 8.62. The van der Waals surface area contributed by atoms with Crippen LogP contribution in [-0.4, -0.2) is 16.3 Å². The zero-order chi connectivity index (χ0) is 9.80. The summed E-state index contributed by atoms with van der Waals surface area (Å²) in [5, 5.41) is 0. The molecule has 4 heteroatoms. The maximum absolute atomic E-state index is 10.2. The van der Waals surface area contributed by atoms with Crippen LogP contribution in [0.5, 0.6) is 0 Å². The van der Waals surface area contributed by atoms with Gasteiger partial charge in [0.05, 0.1) is 11.3 Å². The quantitative estimate of drug-likeness (QED) is 0.684. The highest BCUT2D eigenvalue weighted by Crippen LogP contribution is 2.16. The fraction of sp³-hybridized carbons (Fsp3) is 0.100. The molecule has 2 rings (SSSR count). The molecule has 0 aliphatic carbocycles. The van der Waals surface area contributed by atoms with Crippen molar-refractivity contribution in [2.45, 2.75) is 6.42 Å². The average Bonchev–Trinajstić information content (AvgIpc) is 2.68. The molecule has 0 aromatic carbocycles.